The minimum absolute atomic E-state index is 0.106. The Kier molecular flexibility index (Phi) is 5.29. The first kappa shape index (κ1) is 21.3. The molecule has 0 saturated heterocycles. The van der Waals surface area contributed by atoms with Crippen molar-refractivity contribution in [2.75, 3.05) is 16.8 Å². The van der Waals surface area contributed by atoms with E-state index in [0.29, 0.717) is 17.2 Å². The number of nitrogens with one attached hydrogen (secondary N) is 1. The van der Waals surface area contributed by atoms with Crippen molar-refractivity contribution in [3.05, 3.63) is 52.1 Å². The number of benzene rings is 2. The summed E-state index contributed by atoms with van der Waals surface area (Å²) in [6.45, 7) is 5.08. The van der Waals surface area contributed by atoms with Crippen LogP contribution in [0.5, 0.6) is 11.5 Å². The fourth-order valence-electron chi connectivity index (χ4n) is 3.77. The summed E-state index contributed by atoms with van der Waals surface area (Å²) < 4.78 is 11.1. The fraction of sp³-hybridized carbons (Fsp3) is 0.318. The molecule has 2 aromatic carbocycles. The summed E-state index contributed by atoms with van der Waals surface area (Å²) in [7, 11) is 0. The Bertz CT molecular complexity index is 1140. The molecular formula is C22H21N3O7. The standard InChI is InChI=1S/C22H21N3O7/c1-11(2)21-22(28)24(16-9-14(25(29)30)5-7-18(16)32-21)12(3)20(27)13-4-6-17-15(8-13)23-19(26)10-31-17/h4-9,11-12,21H,10H2,1-3H3,(H,23,26). The molecule has 2 heterocycles. The molecule has 2 aliphatic rings. The fourth-order valence-corrected chi connectivity index (χ4v) is 3.77. The third-order valence-corrected chi connectivity index (χ3v) is 5.42. The van der Waals surface area contributed by atoms with Crippen LogP contribution in [0, 0.1) is 16.0 Å². The normalized spacial score (nSPS) is 18.1. The van der Waals surface area contributed by atoms with Gasteiger partial charge in [-0.25, -0.2) is 0 Å². The van der Waals surface area contributed by atoms with Gasteiger partial charge in [0.25, 0.3) is 17.5 Å². The molecule has 0 aliphatic carbocycles. The number of carbonyl (C=O) groups is 3. The number of ketones is 1. The van der Waals surface area contributed by atoms with Crippen LogP contribution in [-0.2, 0) is 9.59 Å². The van der Waals surface area contributed by atoms with Crippen molar-refractivity contribution >= 4 is 34.7 Å². The average Bonchev–Trinajstić information content (AvgIpc) is 2.76. The molecule has 4 rings (SSSR count). The van der Waals surface area contributed by atoms with E-state index in [-0.39, 0.29) is 35.4 Å². The molecule has 2 amide bonds. The zero-order chi connectivity index (χ0) is 23.2. The maximum Gasteiger partial charge on any atom is 0.271 e. The number of nitro benzene ring substituents is 1. The second-order valence-electron chi connectivity index (χ2n) is 7.99. The van der Waals surface area contributed by atoms with Crippen molar-refractivity contribution < 1.29 is 28.8 Å². The van der Waals surface area contributed by atoms with Gasteiger partial charge in [0.05, 0.1) is 22.3 Å². The van der Waals surface area contributed by atoms with Gasteiger partial charge in [0, 0.05) is 17.7 Å². The van der Waals surface area contributed by atoms with Gasteiger partial charge < -0.3 is 14.8 Å². The van der Waals surface area contributed by atoms with Crippen LogP contribution in [0.3, 0.4) is 0 Å². The number of nitro groups is 1. The molecule has 2 aliphatic heterocycles. The van der Waals surface area contributed by atoms with Crippen LogP contribution in [0.1, 0.15) is 31.1 Å². The number of ether oxygens (including phenoxy) is 2. The van der Waals surface area contributed by atoms with Crippen LogP contribution in [0.4, 0.5) is 17.1 Å². The summed E-state index contributed by atoms with van der Waals surface area (Å²) in [5, 5.41) is 13.9. The monoisotopic (exact) mass is 439 g/mol. The number of hydrogen-bond donors (Lipinski definition) is 1. The Morgan fingerprint density at radius 3 is 2.56 bits per heavy atom. The number of Topliss-reactive ketones (excluding diaryl/α,β-unsaturated/α-hetero) is 1. The summed E-state index contributed by atoms with van der Waals surface area (Å²) in [4.78, 5) is 50.2. The number of anilines is 2. The molecule has 0 spiro atoms. The molecule has 10 nitrogen and oxygen atoms in total. The van der Waals surface area contributed by atoms with E-state index < -0.39 is 28.8 Å². The molecule has 0 aromatic heterocycles. The largest absolute Gasteiger partial charge is 0.482 e. The minimum atomic E-state index is -0.980. The molecule has 32 heavy (non-hydrogen) atoms. The number of rotatable bonds is 5. The van der Waals surface area contributed by atoms with Crippen LogP contribution in [0.25, 0.3) is 0 Å². The summed E-state index contributed by atoms with van der Waals surface area (Å²) in [6, 6.07) is 7.60. The number of nitrogens with zero attached hydrogens (tertiary/aromatic N) is 2. The van der Waals surface area contributed by atoms with Gasteiger partial charge >= 0.3 is 0 Å². The first-order chi connectivity index (χ1) is 15.2. The Hall–Kier alpha value is -3.95. The van der Waals surface area contributed by atoms with E-state index in [1.807, 2.05) is 13.8 Å². The van der Waals surface area contributed by atoms with Gasteiger partial charge in [0.1, 0.15) is 11.5 Å². The predicted octanol–water partition coefficient (Wildman–Crippen LogP) is 2.95. The highest BCUT2D eigenvalue weighted by Crippen LogP contribution is 2.40. The molecule has 166 valence electrons. The molecule has 0 radical (unpaired) electrons. The summed E-state index contributed by atoms with van der Waals surface area (Å²) in [6.07, 6.45) is -0.838. The van der Waals surface area contributed by atoms with Gasteiger partial charge in [-0.05, 0) is 37.1 Å². The van der Waals surface area contributed by atoms with Crippen LogP contribution < -0.4 is 19.7 Å². The van der Waals surface area contributed by atoms with E-state index in [9.17, 15) is 24.5 Å². The first-order valence-electron chi connectivity index (χ1n) is 10.1. The van der Waals surface area contributed by atoms with Crippen molar-refractivity contribution in [1.82, 2.24) is 0 Å². The third-order valence-electron chi connectivity index (χ3n) is 5.42. The topological polar surface area (TPSA) is 128 Å². The highest BCUT2D eigenvalue weighted by atomic mass is 16.6. The number of carbonyl (C=O) groups excluding carboxylic acids is 3. The number of fused-ring (bicyclic) bond motifs is 2. The maximum absolute atomic E-state index is 13.3. The van der Waals surface area contributed by atoms with Crippen LogP contribution in [0.15, 0.2) is 36.4 Å². The minimum Gasteiger partial charge on any atom is -0.482 e. The number of non-ortho nitro benzene ring substituents is 1. The Morgan fingerprint density at radius 2 is 1.88 bits per heavy atom. The van der Waals surface area contributed by atoms with E-state index in [1.54, 1.807) is 19.1 Å². The number of amides is 2. The van der Waals surface area contributed by atoms with Crippen molar-refractivity contribution in [3.8, 4) is 11.5 Å². The molecule has 10 heteroatoms. The summed E-state index contributed by atoms with van der Waals surface area (Å²) in [5.41, 5.74) is 0.566. The van der Waals surface area contributed by atoms with Crippen molar-refractivity contribution in [1.29, 1.82) is 0 Å². The van der Waals surface area contributed by atoms with Gasteiger partial charge in [-0.15, -0.1) is 0 Å². The van der Waals surface area contributed by atoms with E-state index in [1.165, 1.54) is 29.2 Å². The molecule has 0 bridgehead atoms. The van der Waals surface area contributed by atoms with Gasteiger partial charge in [-0.3, -0.25) is 29.4 Å². The Balaban J connectivity index is 1.74. The SMILES string of the molecule is CC(C)C1Oc2ccc([N+](=O)[O-])cc2N(C(C)C(=O)c2ccc3c(c2)NC(=O)CO3)C1=O. The lowest BCUT2D eigenvalue weighted by atomic mass is 9.98. The summed E-state index contributed by atoms with van der Waals surface area (Å²) >= 11 is 0. The van der Waals surface area contributed by atoms with Crippen LogP contribution in [-0.4, -0.2) is 41.3 Å². The van der Waals surface area contributed by atoms with Crippen molar-refractivity contribution in [3.63, 3.8) is 0 Å². The van der Waals surface area contributed by atoms with Crippen molar-refractivity contribution in [2.45, 2.75) is 32.9 Å². The summed E-state index contributed by atoms with van der Waals surface area (Å²) in [5.74, 6) is -0.644. The zero-order valence-corrected chi connectivity index (χ0v) is 17.7. The Morgan fingerprint density at radius 1 is 1.16 bits per heavy atom. The molecule has 2 aromatic rings. The van der Waals surface area contributed by atoms with E-state index in [4.69, 9.17) is 9.47 Å². The van der Waals surface area contributed by atoms with Gasteiger partial charge in [-0.2, -0.15) is 0 Å². The lowest BCUT2D eigenvalue weighted by molar-refractivity contribution is -0.384. The molecule has 1 N–H and O–H groups in total. The van der Waals surface area contributed by atoms with Crippen LogP contribution >= 0.6 is 0 Å². The van der Waals surface area contributed by atoms with E-state index >= 15 is 0 Å². The highest BCUT2D eigenvalue weighted by molar-refractivity contribution is 6.11. The zero-order valence-electron chi connectivity index (χ0n) is 17.7. The van der Waals surface area contributed by atoms with E-state index in [0.717, 1.165) is 0 Å². The predicted molar refractivity (Wildman–Crippen MR) is 114 cm³/mol. The molecular weight excluding hydrogens is 418 g/mol. The van der Waals surface area contributed by atoms with Gasteiger partial charge in [-0.1, -0.05) is 13.8 Å². The smallest absolute Gasteiger partial charge is 0.271 e. The Labute approximate surface area is 183 Å². The van der Waals surface area contributed by atoms with Crippen LogP contribution in [0.2, 0.25) is 0 Å². The lowest BCUT2D eigenvalue weighted by Crippen LogP contribution is -2.54. The number of hydrogen-bond acceptors (Lipinski definition) is 7. The van der Waals surface area contributed by atoms with E-state index in [2.05, 4.69) is 5.32 Å². The second kappa shape index (κ2) is 7.95. The highest BCUT2D eigenvalue weighted by Gasteiger charge is 2.41. The third kappa shape index (κ3) is 3.64. The lowest BCUT2D eigenvalue weighted by Gasteiger charge is -2.38. The molecule has 2 unspecified atom stereocenters. The average molecular weight is 439 g/mol. The first-order valence-corrected chi connectivity index (χ1v) is 10.1. The quantitative estimate of drug-likeness (QED) is 0.431. The van der Waals surface area contributed by atoms with Gasteiger partial charge in [0.2, 0.25) is 0 Å². The van der Waals surface area contributed by atoms with Gasteiger partial charge in [0.15, 0.2) is 18.5 Å². The van der Waals surface area contributed by atoms with Crippen molar-refractivity contribution in [2.24, 2.45) is 5.92 Å². The maximum atomic E-state index is 13.3. The molecule has 0 saturated carbocycles. The second-order valence-corrected chi connectivity index (χ2v) is 7.99. The molecule has 2 atom stereocenters. The molecule has 0 fully saturated rings.